The van der Waals surface area contributed by atoms with Gasteiger partial charge in [-0.05, 0) is 24.6 Å². The number of hydrogen-bond acceptors (Lipinski definition) is 5. The highest BCUT2D eigenvalue weighted by Crippen LogP contribution is 2.04. The van der Waals surface area contributed by atoms with Crippen molar-refractivity contribution in [3.05, 3.63) is 35.4 Å². The molecule has 0 unspecified atom stereocenters. The summed E-state index contributed by atoms with van der Waals surface area (Å²) in [5, 5.41) is 8.63. The maximum atomic E-state index is 11.7. The minimum Gasteiger partial charge on any atom is -0.465 e. The topological polar surface area (TPSA) is 92.7 Å². The van der Waals surface area contributed by atoms with Crippen LogP contribution >= 0.6 is 0 Å². The van der Waals surface area contributed by atoms with E-state index in [9.17, 15) is 13.2 Å². The summed E-state index contributed by atoms with van der Waals surface area (Å²) in [4.78, 5) is 11.2. The van der Waals surface area contributed by atoms with Crippen molar-refractivity contribution in [2.45, 2.75) is 13.5 Å². The second kappa shape index (κ2) is 8.42. The number of nitrogens with one attached hydrogen (secondary N) is 1. The van der Waals surface area contributed by atoms with E-state index < -0.39 is 21.7 Å². The summed E-state index contributed by atoms with van der Waals surface area (Å²) in [5.41, 5.74) is 1.37. The lowest BCUT2D eigenvalue weighted by Gasteiger charge is -2.06. The molecule has 0 spiro atoms. The predicted octanol–water partition coefficient (Wildman–Crippen LogP) is 0.0129. The first-order valence-corrected chi connectivity index (χ1v) is 7.93. The van der Waals surface area contributed by atoms with Gasteiger partial charge in [0.25, 0.3) is 0 Å². The van der Waals surface area contributed by atoms with E-state index in [0.29, 0.717) is 11.1 Å². The molecule has 0 aromatic heterocycles. The second-order valence-corrected chi connectivity index (χ2v) is 5.85. The van der Waals surface area contributed by atoms with Gasteiger partial charge in [0.15, 0.2) is 5.75 Å². The normalized spacial score (nSPS) is 10.6. The van der Waals surface area contributed by atoms with E-state index in [-0.39, 0.29) is 19.8 Å². The largest absolute Gasteiger partial charge is 0.465 e. The third-order valence-electron chi connectivity index (χ3n) is 2.35. The van der Waals surface area contributed by atoms with Crippen molar-refractivity contribution >= 4 is 16.0 Å². The molecule has 0 saturated carbocycles. The molecule has 0 aliphatic carbocycles. The van der Waals surface area contributed by atoms with Crippen LogP contribution in [0.3, 0.4) is 0 Å². The molecule has 7 heteroatoms. The molecular weight excluding hydrogens is 294 g/mol. The number of benzene rings is 1. The monoisotopic (exact) mass is 311 g/mol. The molecule has 1 rings (SSSR count). The molecule has 0 aliphatic heterocycles. The zero-order chi connectivity index (χ0) is 15.7. The number of aliphatic hydroxyl groups is 1. The molecule has 0 bridgehead atoms. The van der Waals surface area contributed by atoms with Gasteiger partial charge in [0, 0.05) is 12.1 Å². The third-order valence-corrected chi connectivity index (χ3v) is 3.55. The Bertz CT molecular complexity index is 643. The molecule has 0 aliphatic rings. The molecular formula is C14H17NO5S. The number of aliphatic hydroxyl groups excluding tert-OH is 1. The average molecular weight is 311 g/mol. The molecule has 21 heavy (non-hydrogen) atoms. The van der Waals surface area contributed by atoms with Crippen molar-refractivity contribution in [2.24, 2.45) is 0 Å². The van der Waals surface area contributed by atoms with Crippen LogP contribution in [0.2, 0.25) is 0 Å². The quantitative estimate of drug-likeness (QED) is 0.570. The number of sulfonamides is 1. The van der Waals surface area contributed by atoms with Gasteiger partial charge in [-0.1, -0.05) is 24.0 Å². The number of carbonyl (C=O) groups excluding carboxylic acids is 1. The Balaban J connectivity index is 2.64. The number of hydrogen-bond donors (Lipinski definition) is 2. The lowest BCUT2D eigenvalue weighted by molar-refractivity contribution is -0.139. The van der Waals surface area contributed by atoms with Gasteiger partial charge in [0.2, 0.25) is 10.0 Å². The molecule has 114 valence electrons. The molecule has 0 heterocycles. The van der Waals surface area contributed by atoms with Gasteiger partial charge in [0.05, 0.1) is 6.61 Å². The number of esters is 1. The minimum absolute atomic E-state index is 0.0520. The highest BCUT2D eigenvalue weighted by Gasteiger charge is 2.16. The number of carbonyl (C=O) groups is 1. The van der Waals surface area contributed by atoms with Crippen molar-refractivity contribution in [2.75, 3.05) is 19.0 Å². The lowest BCUT2D eigenvalue weighted by atomic mass is 10.1. The maximum absolute atomic E-state index is 11.7. The molecule has 2 N–H and O–H groups in total. The van der Waals surface area contributed by atoms with Crippen LogP contribution in [0.1, 0.15) is 18.1 Å². The van der Waals surface area contributed by atoms with Crippen molar-refractivity contribution in [1.29, 1.82) is 0 Å². The summed E-state index contributed by atoms with van der Waals surface area (Å²) in [7, 11) is -3.73. The molecule has 0 amide bonds. The fourth-order valence-corrected chi connectivity index (χ4v) is 2.39. The zero-order valence-corrected chi connectivity index (χ0v) is 12.4. The molecule has 0 fully saturated rings. The van der Waals surface area contributed by atoms with Crippen molar-refractivity contribution in [1.82, 2.24) is 4.72 Å². The van der Waals surface area contributed by atoms with Gasteiger partial charge < -0.3 is 9.84 Å². The molecule has 0 saturated heterocycles. The van der Waals surface area contributed by atoms with Crippen LogP contribution in [0.25, 0.3) is 0 Å². The summed E-state index contributed by atoms with van der Waals surface area (Å²) in [6, 6.07) is 6.92. The Morgan fingerprint density at radius 3 is 2.86 bits per heavy atom. The summed E-state index contributed by atoms with van der Waals surface area (Å²) < 4.78 is 30.3. The van der Waals surface area contributed by atoms with E-state index in [0.717, 1.165) is 0 Å². The van der Waals surface area contributed by atoms with Crippen LogP contribution < -0.4 is 4.72 Å². The third kappa shape index (κ3) is 6.90. The Kier molecular flexibility index (Phi) is 6.88. The van der Waals surface area contributed by atoms with Crippen LogP contribution in [0.4, 0.5) is 0 Å². The first-order chi connectivity index (χ1) is 9.96. The molecule has 1 aromatic rings. The second-order valence-electron chi connectivity index (χ2n) is 4.05. The van der Waals surface area contributed by atoms with E-state index in [1.165, 1.54) is 0 Å². The van der Waals surface area contributed by atoms with Crippen LogP contribution in [-0.2, 0) is 26.1 Å². The fraction of sp³-hybridized carbons (Fsp3) is 0.357. The van der Waals surface area contributed by atoms with Gasteiger partial charge in [-0.25, -0.2) is 13.1 Å². The fourth-order valence-electron chi connectivity index (χ4n) is 1.50. The highest BCUT2D eigenvalue weighted by molar-refractivity contribution is 7.90. The van der Waals surface area contributed by atoms with Crippen LogP contribution in [0.15, 0.2) is 24.3 Å². The Morgan fingerprint density at radius 2 is 2.19 bits per heavy atom. The highest BCUT2D eigenvalue weighted by atomic mass is 32.2. The van der Waals surface area contributed by atoms with Gasteiger partial charge in [-0.15, -0.1) is 0 Å². The number of rotatable bonds is 6. The Labute approximate surface area is 124 Å². The van der Waals surface area contributed by atoms with E-state index in [1.54, 1.807) is 31.2 Å². The van der Waals surface area contributed by atoms with E-state index in [4.69, 9.17) is 5.11 Å². The van der Waals surface area contributed by atoms with Crippen LogP contribution in [0.5, 0.6) is 0 Å². The summed E-state index contributed by atoms with van der Waals surface area (Å²) in [6.45, 7) is 1.56. The summed E-state index contributed by atoms with van der Waals surface area (Å²) in [6.07, 6.45) is 0. The predicted molar refractivity (Wildman–Crippen MR) is 77.7 cm³/mol. The van der Waals surface area contributed by atoms with Gasteiger partial charge >= 0.3 is 5.97 Å². The first kappa shape index (κ1) is 17.2. The Morgan fingerprint density at radius 1 is 1.43 bits per heavy atom. The van der Waals surface area contributed by atoms with E-state index >= 15 is 0 Å². The lowest BCUT2D eigenvalue weighted by Crippen LogP contribution is -2.30. The Hall–Kier alpha value is -1.88. The van der Waals surface area contributed by atoms with E-state index in [2.05, 4.69) is 21.3 Å². The average Bonchev–Trinajstić information content (AvgIpc) is 2.43. The first-order valence-electron chi connectivity index (χ1n) is 6.28. The summed E-state index contributed by atoms with van der Waals surface area (Å²) in [5.74, 6) is 3.75. The van der Waals surface area contributed by atoms with Gasteiger partial charge in [0.1, 0.15) is 6.61 Å². The molecule has 0 radical (unpaired) electrons. The maximum Gasteiger partial charge on any atom is 0.322 e. The van der Waals surface area contributed by atoms with E-state index in [1.807, 2.05) is 0 Å². The summed E-state index contributed by atoms with van der Waals surface area (Å²) >= 11 is 0. The molecule has 1 aromatic carbocycles. The zero-order valence-electron chi connectivity index (χ0n) is 11.6. The standard InChI is InChI=1S/C14H17NO5S/c1-2-20-14(17)11-21(18,19)15-10-13-6-3-5-12(9-13)7-4-8-16/h3,5-6,9,15-16H,2,8,10-11H2,1H3. The number of ether oxygens (including phenoxy) is 1. The molecule has 0 atom stereocenters. The van der Waals surface area contributed by atoms with Crippen molar-refractivity contribution in [3.63, 3.8) is 0 Å². The van der Waals surface area contributed by atoms with Crippen LogP contribution in [0, 0.1) is 11.8 Å². The molecule has 6 nitrogen and oxygen atoms in total. The smallest absolute Gasteiger partial charge is 0.322 e. The van der Waals surface area contributed by atoms with Crippen molar-refractivity contribution in [3.8, 4) is 11.8 Å². The minimum atomic E-state index is -3.73. The van der Waals surface area contributed by atoms with Crippen LogP contribution in [-0.4, -0.2) is 38.5 Å². The van der Waals surface area contributed by atoms with Gasteiger partial charge in [-0.3, -0.25) is 4.79 Å². The SMILES string of the molecule is CCOC(=O)CS(=O)(=O)NCc1cccc(C#CCO)c1. The van der Waals surface area contributed by atoms with Gasteiger partial charge in [-0.2, -0.15) is 0 Å². The van der Waals surface area contributed by atoms with Crippen molar-refractivity contribution < 1.29 is 23.1 Å².